The number of benzene rings is 1. The number of anilines is 2. The molecule has 2 rings (SSSR count). The van der Waals surface area contributed by atoms with Crippen LogP contribution < -0.4 is 11.1 Å². The molecule has 0 aliphatic rings. The zero-order valence-electron chi connectivity index (χ0n) is 9.33. The minimum atomic E-state index is 0.694. The van der Waals surface area contributed by atoms with Gasteiger partial charge in [0.1, 0.15) is 5.82 Å². The van der Waals surface area contributed by atoms with Gasteiger partial charge < -0.3 is 11.1 Å². The largest absolute Gasteiger partial charge is 0.398 e. The van der Waals surface area contributed by atoms with Gasteiger partial charge in [-0.1, -0.05) is 18.2 Å². The molecule has 1 heterocycles. The second-order valence-electron chi connectivity index (χ2n) is 3.72. The smallest absolute Gasteiger partial charge is 0.134 e. The van der Waals surface area contributed by atoms with E-state index in [1.165, 1.54) is 0 Å². The normalized spacial score (nSPS) is 10.3. The summed E-state index contributed by atoms with van der Waals surface area (Å²) in [4.78, 5) is 4.30. The van der Waals surface area contributed by atoms with E-state index in [0.29, 0.717) is 6.54 Å². The predicted molar refractivity (Wildman–Crippen MR) is 69.6 cm³/mol. The average Bonchev–Trinajstić information content (AvgIpc) is 2.31. The molecule has 0 aliphatic heterocycles. The van der Waals surface area contributed by atoms with E-state index in [-0.39, 0.29) is 0 Å². The Labute approximate surface area is 95.0 Å². The summed E-state index contributed by atoms with van der Waals surface area (Å²) in [5.74, 6) is 0.851. The van der Waals surface area contributed by atoms with Crippen molar-refractivity contribution in [3.63, 3.8) is 0 Å². The van der Waals surface area contributed by atoms with E-state index < -0.39 is 0 Å². The van der Waals surface area contributed by atoms with Crippen LogP contribution in [0.1, 0.15) is 5.56 Å². The SMILES string of the molecule is C=CCNc1nccc2c(N)c(C)ccc12. The van der Waals surface area contributed by atoms with Crippen molar-refractivity contribution in [3.8, 4) is 0 Å². The summed E-state index contributed by atoms with van der Waals surface area (Å²) in [5.41, 5.74) is 7.95. The molecule has 0 bridgehead atoms. The lowest BCUT2D eigenvalue weighted by molar-refractivity contribution is 1.25. The van der Waals surface area contributed by atoms with Crippen molar-refractivity contribution in [2.24, 2.45) is 0 Å². The van der Waals surface area contributed by atoms with Gasteiger partial charge in [0.05, 0.1) is 0 Å². The molecule has 3 nitrogen and oxygen atoms in total. The second kappa shape index (κ2) is 4.23. The van der Waals surface area contributed by atoms with Crippen molar-refractivity contribution < 1.29 is 0 Å². The highest BCUT2D eigenvalue weighted by Crippen LogP contribution is 2.28. The summed E-state index contributed by atoms with van der Waals surface area (Å²) in [6.07, 6.45) is 3.57. The number of nitrogens with two attached hydrogens (primary N) is 1. The van der Waals surface area contributed by atoms with Crippen LogP contribution in [0.15, 0.2) is 37.1 Å². The summed E-state index contributed by atoms with van der Waals surface area (Å²) in [6, 6.07) is 5.99. The topological polar surface area (TPSA) is 50.9 Å². The predicted octanol–water partition coefficient (Wildman–Crippen LogP) is 2.72. The van der Waals surface area contributed by atoms with Gasteiger partial charge in [-0.2, -0.15) is 0 Å². The first-order valence-corrected chi connectivity index (χ1v) is 5.22. The van der Waals surface area contributed by atoms with Gasteiger partial charge in [0, 0.05) is 29.2 Å². The van der Waals surface area contributed by atoms with E-state index in [1.807, 2.05) is 25.1 Å². The Bertz CT molecular complexity index is 532. The standard InChI is InChI=1S/C13H15N3/c1-3-7-15-13-11-5-4-9(2)12(14)10(11)6-8-16-13/h3-6,8H,1,7,14H2,2H3,(H,15,16). The van der Waals surface area contributed by atoms with Gasteiger partial charge in [0.2, 0.25) is 0 Å². The third kappa shape index (κ3) is 1.72. The van der Waals surface area contributed by atoms with Crippen LogP contribution in [-0.2, 0) is 0 Å². The van der Waals surface area contributed by atoms with E-state index in [4.69, 9.17) is 5.73 Å². The van der Waals surface area contributed by atoms with Gasteiger partial charge in [-0.15, -0.1) is 6.58 Å². The first-order valence-electron chi connectivity index (χ1n) is 5.22. The average molecular weight is 213 g/mol. The molecule has 1 aromatic heterocycles. The van der Waals surface area contributed by atoms with E-state index in [2.05, 4.69) is 16.9 Å². The van der Waals surface area contributed by atoms with Crippen molar-refractivity contribution in [1.82, 2.24) is 4.98 Å². The maximum Gasteiger partial charge on any atom is 0.134 e. The van der Waals surface area contributed by atoms with Crippen LogP contribution in [0, 0.1) is 6.92 Å². The maximum atomic E-state index is 6.04. The van der Waals surface area contributed by atoms with Gasteiger partial charge in [0.15, 0.2) is 0 Å². The first kappa shape index (κ1) is 10.5. The molecule has 0 radical (unpaired) electrons. The summed E-state index contributed by atoms with van der Waals surface area (Å²) < 4.78 is 0. The molecule has 3 heteroatoms. The van der Waals surface area contributed by atoms with Crippen LogP contribution in [0.3, 0.4) is 0 Å². The summed E-state index contributed by atoms with van der Waals surface area (Å²) in [6.45, 7) is 6.37. The third-order valence-corrected chi connectivity index (χ3v) is 2.62. The summed E-state index contributed by atoms with van der Waals surface area (Å²) >= 11 is 0. The van der Waals surface area contributed by atoms with Crippen LogP contribution in [0.5, 0.6) is 0 Å². The van der Waals surface area contributed by atoms with Crippen LogP contribution in [0.2, 0.25) is 0 Å². The fourth-order valence-corrected chi connectivity index (χ4v) is 1.70. The third-order valence-electron chi connectivity index (χ3n) is 2.62. The van der Waals surface area contributed by atoms with Crippen molar-refractivity contribution in [1.29, 1.82) is 0 Å². The Morgan fingerprint density at radius 3 is 2.94 bits per heavy atom. The molecule has 0 saturated heterocycles. The van der Waals surface area contributed by atoms with Crippen molar-refractivity contribution >= 4 is 22.3 Å². The Morgan fingerprint density at radius 1 is 1.38 bits per heavy atom. The zero-order valence-corrected chi connectivity index (χ0v) is 9.33. The van der Waals surface area contributed by atoms with Gasteiger partial charge >= 0.3 is 0 Å². The fourth-order valence-electron chi connectivity index (χ4n) is 1.70. The lowest BCUT2D eigenvalue weighted by Gasteiger charge is -2.09. The molecule has 1 aromatic carbocycles. The number of hydrogen-bond donors (Lipinski definition) is 2. The molecular weight excluding hydrogens is 198 g/mol. The minimum absolute atomic E-state index is 0.694. The van der Waals surface area contributed by atoms with E-state index in [1.54, 1.807) is 12.3 Å². The molecule has 3 N–H and O–H groups in total. The number of nitrogen functional groups attached to an aromatic ring is 1. The van der Waals surface area contributed by atoms with Crippen molar-refractivity contribution in [3.05, 3.63) is 42.6 Å². The molecular formula is C13H15N3. The molecule has 0 atom stereocenters. The molecule has 0 saturated carbocycles. The highest BCUT2D eigenvalue weighted by atomic mass is 15.0. The van der Waals surface area contributed by atoms with E-state index in [0.717, 1.165) is 27.8 Å². The Balaban J connectivity index is 2.60. The number of hydrogen-bond acceptors (Lipinski definition) is 3. The van der Waals surface area contributed by atoms with Crippen LogP contribution in [0.4, 0.5) is 11.5 Å². The lowest BCUT2D eigenvalue weighted by atomic mass is 10.1. The maximum absolute atomic E-state index is 6.04. The Morgan fingerprint density at radius 2 is 2.19 bits per heavy atom. The van der Waals surface area contributed by atoms with E-state index in [9.17, 15) is 0 Å². The molecule has 0 aliphatic carbocycles. The quantitative estimate of drug-likeness (QED) is 0.609. The molecule has 2 aromatic rings. The van der Waals surface area contributed by atoms with Crippen molar-refractivity contribution in [2.75, 3.05) is 17.6 Å². The van der Waals surface area contributed by atoms with Crippen LogP contribution in [0.25, 0.3) is 10.8 Å². The highest BCUT2D eigenvalue weighted by Gasteiger charge is 2.05. The zero-order chi connectivity index (χ0) is 11.5. The molecule has 0 unspecified atom stereocenters. The molecule has 0 amide bonds. The Kier molecular flexibility index (Phi) is 2.77. The number of rotatable bonds is 3. The molecule has 0 fully saturated rings. The number of pyridine rings is 1. The van der Waals surface area contributed by atoms with E-state index >= 15 is 0 Å². The van der Waals surface area contributed by atoms with Gasteiger partial charge in [0.25, 0.3) is 0 Å². The number of nitrogens with zero attached hydrogens (tertiary/aromatic N) is 1. The van der Waals surface area contributed by atoms with Crippen molar-refractivity contribution in [2.45, 2.75) is 6.92 Å². The summed E-state index contributed by atoms with van der Waals surface area (Å²) in [7, 11) is 0. The first-order chi connectivity index (χ1) is 7.74. The van der Waals surface area contributed by atoms with Gasteiger partial charge in [-0.05, 0) is 18.6 Å². The number of nitrogens with one attached hydrogen (secondary N) is 1. The minimum Gasteiger partial charge on any atom is -0.398 e. The molecule has 16 heavy (non-hydrogen) atoms. The fraction of sp³-hybridized carbons (Fsp3) is 0.154. The number of aromatic nitrogens is 1. The van der Waals surface area contributed by atoms with Gasteiger partial charge in [-0.3, -0.25) is 0 Å². The monoisotopic (exact) mass is 213 g/mol. The highest BCUT2D eigenvalue weighted by molar-refractivity contribution is 6.00. The molecule has 82 valence electrons. The molecule has 0 spiro atoms. The second-order valence-corrected chi connectivity index (χ2v) is 3.72. The summed E-state index contributed by atoms with van der Waals surface area (Å²) in [5, 5.41) is 5.29. The van der Waals surface area contributed by atoms with Gasteiger partial charge in [-0.25, -0.2) is 4.98 Å². The number of fused-ring (bicyclic) bond motifs is 1. The van der Waals surface area contributed by atoms with Crippen LogP contribution in [-0.4, -0.2) is 11.5 Å². The lowest BCUT2D eigenvalue weighted by Crippen LogP contribution is -2.01. The Hall–Kier alpha value is -2.03. The number of aryl methyl sites for hydroxylation is 1. The van der Waals surface area contributed by atoms with Crippen LogP contribution >= 0.6 is 0 Å².